The summed E-state index contributed by atoms with van der Waals surface area (Å²) in [5.41, 5.74) is 3.08. The molecular formula is C23H36Br2OS2. The number of unbranched alkanes of at least 4 members (excludes halogenated alkanes) is 8. The lowest BCUT2D eigenvalue weighted by atomic mass is 10.1. The largest absolute Gasteiger partial charge is 0.381 e. The minimum Gasteiger partial charge on any atom is -0.381 e. The van der Waals surface area contributed by atoms with E-state index in [1.54, 1.807) is 5.56 Å². The van der Waals surface area contributed by atoms with Gasteiger partial charge in [-0.2, -0.15) is 0 Å². The first kappa shape index (κ1) is 24.8. The van der Waals surface area contributed by atoms with Gasteiger partial charge in [0.05, 0.1) is 17.0 Å². The minimum absolute atomic E-state index is 0.929. The van der Waals surface area contributed by atoms with Gasteiger partial charge in [-0.3, -0.25) is 0 Å². The third kappa shape index (κ3) is 8.02. The van der Waals surface area contributed by atoms with Gasteiger partial charge >= 0.3 is 0 Å². The average molecular weight is 552 g/mol. The maximum atomic E-state index is 5.77. The van der Waals surface area contributed by atoms with E-state index in [4.69, 9.17) is 4.74 Å². The van der Waals surface area contributed by atoms with Gasteiger partial charge in [-0.1, -0.05) is 58.8 Å². The lowest BCUT2D eigenvalue weighted by molar-refractivity contribution is 0.126. The summed E-state index contributed by atoms with van der Waals surface area (Å²) in [6.45, 7) is 6.41. The van der Waals surface area contributed by atoms with Crippen molar-refractivity contribution in [2.24, 2.45) is 0 Å². The van der Waals surface area contributed by atoms with Crippen LogP contribution in [-0.2, 0) is 17.6 Å². The van der Waals surface area contributed by atoms with Gasteiger partial charge < -0.3 is 4.74 Å². The number of hydrogen-bond acceptors (Lipinski definition) is 3. The minimum atomic E-state index is 0.929. The summed E-state index contributed by atoms with van der Waals surface area (Å²) in [4.78, 5) is 0. The second kappa shape index (κ2) is 14.6. The van der Waals surface area contributed by atoms with Crippen molar-refractivity contribution in [1.29, 1.82) is 0 Å². The first-order valence-corrected chi connectivity index (χ1v) is 14.4. The predicted molar refractivity (Wildman–Crippen MR) is 135 cm³/mol. The summed E-state index contributed by atoms with van der Waals surface area (Å²) in [6.07, 6.45) is 16.6. The monoisotopic (exact) mass is 550 g/mol. The molecule has 1 nitrogen and oxygen atoms in total. The molecule has 2 heterocycles. The van der Waals surface area contributed by atoms with E-state index in [0.29, 0.717) is 0 Å². The van der Waals surface area contributed by atoms with Crippen LogP contribution in [0, 0.1) is 0 Å². The molecule has 0 aromatic carbocycles. The maximum Gasteiger partial charge on any atom is 0.0751 e. The van der Waals surface area contributed by atoms with Crippen LogP contribution in [0.15, 0.2) is 7.57 Å². The van der Waals surface area contributed by atoms with E-state index >= 15 is 0 Å². The van der Waals surface area contributed by atoms with Gasteiger partial charge in [0.15, 0.2) is 0 Å². The van der Waals surface area contributed by atoms with Crippen LogP contribution in [0.4, 0.5) is 0 Å². The zero-order valence-electron chi connectivity index (χ0n) is 17.6. The molecule has 0 amide bonds. The van der Waals surface area contributed by atoms with Gasteiger partial charge in [0.2, 0.25) is 0 Å². The van der Waals surface area contributed by atoms with Crippen LogP contribution in [0.25, 0.3) is 9.40 Å². The van der Waals surface area contributed by atoms with E-state index in [1.807, 2.05) is 22.7 Å². The fourth-order valence-corrected chi connectivity index (χ4v) is 8.04. The molecule has 0 aliphatic carbocycles. The van der Waals surface area contributed by atoms with Crippen molar-refractivity contribution in [2.75, 3.05) is 13.2 Å². The molecular weight excluding hydrogens is 516 g/mol. The van der Waals surface area contributed by atoms with E-state index in [2.05, 4.69) is 45.7 Å². The highest BCUT2D eigenvalue weighted by molar-refractivity contribution is 9.11. The quantitative estimate of drug-likeness (QED) is 0.188. The van der Waals surface area contributed by atoms with Gasteiger partial charge in [0.25, 0.3) is 0 Å². The third-order valence-electron chi connectivity index (χ3n) is 5.25. The van der Waals surface area contributed by atoms with Gasteiger partial charge in [-0.05, 0) is 81.5 Å². The predicted octanol–water partition coefficient (Wildman–Crippen LogP) is 9.92. The topological polar surface area (TPSA) is 9.23 Å². The number of fused-ring (bicyclic) bond motifs is 1. The Morgan fingerprint density at radius 1 is 0.607 bits per heavy atom. The normalized spacial score (nSPS) is 11.7. The Hall–Kier alpha value is 0.580. The van der Waals surface area contributed by atoms with Crippen molar-refractivity contribution < 1.29 is 4.74 Å². The standard InChI is InChI=1S/C23H36Br2OS2/c1-3-5-7-10-14-18-20-21(28-22(18)24)19(23(25)27-20)15-11-9-13-17-26-16-12-8-6-4-2/h3-17H2,1-2H3. The Kier molecular flexibility index (Phi) is 12.9. The molecule has 0 fully saturated rings. The summed E-state index contributed by atoms with van der Waals surface area (Å²) < 4.78 is 11.5. The summed E-state index contributed by atoms with van der Waals surface area (Å²) >= 11 is 11.6. The van der Waals surface area contributed by atoms with Crippen LogP contribution in [0.5, 0.6) is 0 Å². The Balaban J connectivity index is 1.74. The highest BCUT2D eigenvalue weighted by Gasteiger charge is 2.18. The number of rotatable bonds is 16. The lowest BCUT2D eigenvalue weighted by Gasteiger charge is -2.04. The van der Waals surface area contributed by atoms with Crippen LogP contribution in [0.2, 0.25) is 0 Å². The molecule has 160 valence electrons. The average Bonchev–Trinajstić information content (AvgIpc) is 3.14. The van der Waals surface area contributed by atoms with Gasteiger partial charge in [0, 0.05) is 13.2 Å². The molecule has 0 aliphatic heterocycles. The molecule has 0 N–H and O–H groups in total. The Bertz CT molecular complexity index is 678. The molecule has 2 aromatic rings. The summed E-state index contributed by atoms with van der Waals surface area (Å²) in [5, 5.41) is 0. The van der Waals surface area contributed by atoms with Crippen molar-refractivity contribution in [3.05, 3.63) is 18.7 Å². The number of aryl methyl sites for hydroxylation is 2. The molecule has 28 heavy (non-hydrogen) atoms. The molecule has 5 heteroatoms. The van der Waals surface area contributed by atoms with Crippen molar-refractivity contribution in [1.82, 2.24) is 0 Å². The molecule has 0 bridgehead atoms. The van der Waals surface area contributed by atoms with Crippen molar-refractivity contribution in [3.8, 4) is 0 Å². The fraction of sp³-hybridized carbons (Fsp3) is 0.739. The van der Waals surface area contributed by atoms with Gasteiger partial charge in [-0.25, -0.2) is 0 Å². The summed E-state index contributed by atoms with van der Waals surface area (Å²) in [7, 11) is 0. The first-order valence-electron chi connectivity index (χ1n) is 11.1. The number of halogens is 2. The van der Waals surface area contributed by atoms with E-state index < -0.39 is 0 Å². The zero-order chi connectivity index (χ0) is 20.2. The molecule has 2 aromatic heterocycles. The SMILES string of the molecule is CCCCCCOCCCCCc1c(Br)sc2c(CCCCCC)c(Br)sc12. The summed E-state index contributed by atoms with van der Waals surface area (Å²) in [5.74, 6) is 0. The molecule has 0 radical (unpaired) electrons. The number of thiophene rings is 2. The zero-order valence-corrected chi connectivity index (χ0v) is 22.4. The number of ether oxygens (including phenoxy) is 1. The molecule has 2 rings (SSSR count). The molecule has 0 atom stereocenters. The van der Waals surface area contributed by atoms with E-state index in [-0.39, 0.29) is 0 Å². The van der Waals surface area contributed by atoms with E-state index in [9.17, 15) is 0 Å². The van der Waals surface area contributed by atoms with Crippen LogP contribution in [-0.4, -0.2) is 13.2 Å². The molecule has 0 saturated heterocycles. The van der Waals surface area contributed by atoms with Crippen molar-refractivity contribution >= 4 is 63.9 Å². The molecule has 0 aliphatic rings. The Morgan fingerprint density at radius 3 is 1.50 bits per heavy atom. The fourth-order valence-electron chi connectivity index (χ4n) is 3.54. The Morgan fingerprint density at radius 2 is 1.04 bits per heavy atom. The smallest absolute Gasteiger partial charge is 0.0751 e. The number of hydrogen-bond donors (Lipinski definition) is 0. The third-order valence-corrected chi connectivity index (χ3v) is 9.47. The first-order chi connectivity index (χ1) is 13.7. The maximum absolute atomic E-state index is 5.77. The molecule has 0 saturated carbocycles. The van der Waals surface area contributed by atoms with Crippen LogP contribution in [0.1, 0.15) is 95.6 Å². The molecule has 0 unspecified atom stereocenters. The highest BCUT2D eigenvalue weighted by Crippen LogP contribution is 2.46. The van der Waals surface area contributed by atoms with Crippen molar-refractivity contribution in [2.45, 2.75) is 97.3 Å². The van der Waals surface area contributed by atoms with Crippen molar-refractivity contribution in [3.63, 3.8) is 0 Å². The van der Waals surface area contributed by atoms with Crippen LogP contribution < -0.4 is 0 Å². The lowest BCUT2D eigenvalue weighted by Crippen LogP contribution is -1.97. The summed E-state index contributed by atoms with van der Waals surface area (Å²) in [6, 6.07) is 0. The van der Waals surface area contributed by atoms with E-state index in [1.165, 1.54) is 106 Å². The Labute approximate surface area is 196 Å². The molecule has 0 spiro atoms. The van der Waals surface area contributed by atoms with Crippen LogP contribution in [0.3, 0.4) is 0 Å². The van der Waals surface area contributed by atoms with Crippen LogP contribution >= 0.6 is 54.5 Å². The second-order valence-corrected chi connectivity index (χ2v) is 12.3. The van der Waals surface area contributed by atoms with E-state index in [0.717, 1.165) is 13.2 Å². The highest BCUT2D eigenvalue weighted by atomic mass is 79.9. The second-order valence-electron chi connectivity index (χ2n) is 7.66. The van der Waals surface area contributed by atoms with Gasteiger partial charge in [0.1, 0.15) is 0 Å². The van der Waals surface area contributed by atoms with Gasteiger partial charge in [-0.15, -0.1) is 22.7 Å².